The quantitative estimate of drug-likeness (QED) is 0.920. The number of ether oxygens (including phenoxy) is 1. The number of aromatic nitrogens is 1. The maximum absolute atomic E-state index is 12.5. The van der Waals surface area contributed by atoms with Crippen molar-refractivity contribution < 1.29 is 9.53 Å². The van der Waals surface area contributed by atoms with Crippen molar-refractivity contribution in [1.82, 2.24) is 9.47 Å². The van der Waals surface area contributed by atoms with E-state index in [0.717, 1.165) is 41.9 Å². The number of likely N-dealkylation sites (tertiary alicyclic amines) is 1. The Hall–Kier alpha value is -1.53. The molecule has 1 aromatic carbocycles. The molecular weight excluding hydrogens is 334 g/mol. The second kappa shape index (κ2) is 7.84. The van der Waals surface area contributed by atoms with Crippen LogP contribution in [0.25, 0.3) is 10.2 Å². The summed E-state index contributed by atoms with van der Waals surface area (Å²) in [6.07, 6.45) is 4.60. The second-order valence-electron chi connectivity index (χ2n) is 5.62. The Morgan fingerprint density at radius 1 is 1.26 bits per heavy atom. The highest BCUT2D eigenvalue weighted by molar-refractivity contribution is 7.16. The van der Waals surface area contributed by atoms with E-state index in [0.29, 0.717) is 4.80 Å². The van der Waals surface area contributed by atoms with Crippen LogP contribution in [0.4, 0.5) is 0 Å². The van der Waals surface area contributed by atoms with Gasteiger partial charge in [0.25, 0.3) is 0 Å². The summed E-state index contributed by atoms with van der Waals surface area (Å²) in [5, 5.41) is 8.15. The monoisotopic (exact) mass is 355 g/mol. The van der Waals surface area contributed by atoms with Gasteiger partial charge in [-0.15, -0.1) is 12.4 Å². The zero-order chi connectivity index (χ0) is 15.5. The van der Waals surface area contributed by atoms with Gasteiger partial charge in [-0.2, -0.15) is 0 Å². The standard InChI is InChI=1S/C16H21N3O2S.ClH/c1-21-12-6-7-13-14(10-12)22-16(17)19(13)11-15(20)18-8-4-2-3-5-9-18;/h6-7,10,17H,2-5,8-9,11H2,1H3;1H. The molecule has 1 aromatic heterocycles. The van der Waals surface area contributed by atoms with Crippen molar-refractivity contribution in [2.75, 3.05) is 20.2 Å². The lowest BCUT2D eigenvalue weighted by Gasteiger charge is -2.20. The van der Waals surface area contributed by atoms with Crippen molar-refractivity contribution in [3.63, 3.8) is 0 Å². The molecule has 0 spiro atoms. The summed E-state index contributed by atoms with van der Waals surface area (Å²) in [6.45, 7) is 1.95. The minimum absolute atomic E-state index is 0. The number of thiazole rings is 1. The van der Waals surface area contributed by atoms with Gasteiger partial charge in [0, 0.05) is 13.1 Å². The summed E-state index contributed by atoms with van der Waals surface area (Å²) in [5.74, 6) is 0.899. The molecule has 0 radical (unpaired) electrons. The third-order valence-electron chi connectivity index (χ3n) is 4.16. The second-order valence-corrected chi connectivity index (χ2v) is 6.65. The lowest BCUT2D eigenvalue weighted by Crippen LogP contribution is -2.36. The zero-order valence-electron chi connectivity index (χ0n) is 13.2. The average Bonchev–Trinajstić information content (AvgIpc) is 2.73. The molecule has 1 N–H and O–H groups in total. The van der Waals surface area contributed by atoms with Gasteiger partial charge in [-0.1, -0.05) is 24.2 Å². The van der Waals surface area contributed by atoms with Crippen molar-refractivity contribution in [1.29, 1.82) is 5.41 Å². The molecular formula is C16H22ClN3O2S. The molecule has 126 valence electrons. The lowest BCUT2D eigenvalue weighted by atomic mass is 10.2. The van der Waals surface area contributed by atoms with E-state index in [-0.39, 0.29) is 24.9 Å². The van der Waals surface area contributed by atoms with Crippen LogP contribution >= 0.6 is 23.7 Å². The van der Waals surface area contributed by atoms with Crippen LogP contribution in [0.1, 0.15) is 25.7 Å². The van der Waals surface area contributed by atoms with Crippen LogP contribution in [0.15, 0.2) is 18.2 Å². The first-order valence-corrected chi connectivity index (χ1v) is 8.50. The first-order valence-electron chi connectivity index (χ1n) is 7.69. The SMILES string of the molecule is COc1ccc2c(c1)sc(=N)n2CC(=O)N1CCCCCC1.Cl. The molecule has 3 rings (SSSR count). The molecule has 5 nitrogen and oxygen atoms in total. The molecule has 0 unspecified atom stereocenters. The van der Waals surface area contributed by atoms with Gasteiger partial charge < -0.3 is 14.2 Å². The van der Waals surface area contributed by atoms with Crippen LogP contribution in [0.3, 0.4) is 0 Å². The summed E-state index contributed by atoms with van der Waals surface area (Å²) < 4.78 is 8.00. The van der Waals surface area contributed by atoms with E-state index >= 15 is 0 Å². The molecule has 2 aromatic rings. The number of methoxy groups -OCH3 is 1. The molecule has 0 aliphatic carbocycles. The van der Waals surface area contributed by atoms with E-state index in [1.165, 1.54) is 24.2 Å². The first kappa shape index (κ1) is 17.8. The fourth-order valence-electron chi connectivity index (χ4n) is 2.91. The summed E-state index contributed by atoms with van der Waals surface area (Å²) in [6, 6.07) is 5.73. The van der Waals surface area contributed by atoms with Crippen LogP contribution < -0.4 is 9.54 Å². The normalized spacial score (nSPS) is 15.1. The van der Waals surface area contributed by atoms with Gasteiger partial charge in [0.1, 0.15) is 12.3 Å². The number of amides is 1. The molecule has 1 aliphatic rings. The van der Waals surface area contributed by atoms with Crippen LogP contribution in [0.2, 0.25) is 0 Å². The number of benzene rings is 1. The largest absolute Gasteiger partial charge is 0.497 e. The number of carbonyl (C=O) groups excluding carboxylic acids is 1. The van der Waals surface area contributed by atoms with Gasteiger partial charge in [-0.3, -0.25) is 10.2 Å². The van der Waals surface area contributed by atoms with Gasteiger partial charge in [0.2, 0.25) is 5.91 Å². The number of hydrogen-bond donors (Lipinski definition) is 1. The van der Waals surface area contributed by atoms with Crippen LogP contribution in [0.5, 0.6) is 5.75 Å². The zero-order valence-corrected chi connectivity index (χ0v) is 14.8. The molecule has 0 bridgehead atoms. The Morgan fingerprint density at radius 3 is 2.61 bits per heavy atom. The molecule has 2 heterocycles. The lowest BCUT2D eigenvalue weighted by molar-refractivity contribution is -0.131. The van der Waals surface area contributed by atoms with Crippen molar-refractivity contribution in [2.45, 2.75) is 32.2 Å². The molecule has 1 fully saturated rings. The Balaban J connectivity index is 0.00000192. The molecule has 1 aliphatic heterocycles. The molecule has 0 atom stereocenters. The number of nitrogens with one attached hydrogen (secondary N) is 1. The van der Waals surface area contributed by atoms with E-state index in [4.69, 9.17) is 10.1 Å². The van der Waals surface area contributed by atoms with Crippen LogP contribution in [0, 0.1) is 5.41 Å². The predicted molar refractivity (Wildman–Crippen MR) is 94.5 cm³/mol. The summed E-state index contributed by atoms with van der Waals surface area (Å²) in [4.78, 5) is 14.9. The number of fused-ring (bicyclic) bond motifs is 1. The van der Waals surface area contributed by atoms with Crippen molar-refractivity contribution >= 4 is 39.9 Å². The van der Waals surface area contributed by atoms with E-state index in [9.17, 15) is 4.79 Å². The Bertz CT molecular complexity index is 732. The summed E-state index contributed by atoms with van der Waals surface area (Å²) >= 11 is 1.38. The van der Waals surface area contributed by atoms with Gasteiger partial charge in [-0.25, -0.2) is 0 Å². The number of rotatable bonds is 3. The molecule has 0 saturated carbocycles. The summed E-state index contributed by atoms with van der Waals surface area (Å²) in [5.41, 5.74) is 0.930. The van der Waals surface area contributed by atoms with Crippen molar-refractivity contribution in [3.05, 3.63) is 23.0 Å². The van der Waals surface area contributed by atoms with Crippen molar-refractivity contribution in [2.24, 2.45) is 0 Å². The van der Waals surface area contributed by atoms with E-state index in [1.54, 1.807) is 11.7 Å². The fraction of sp³-hybridized carbons (Fsp3) is 0.500. The van der Waals surface area contributed by atoms with Crippen LogP contribution in [-0.2, 0) is 11.3 Å². The topological polar surface area (TPSA) is 58.3 Å². The number of nitrogens with zero attached hydrogens (tertiary/aromatic N) is 2. The maximum Gasteiger partial charge on any atom is 0.242 e. The highest BCUT2D eigenvalue weighted by Crippen LogP contribution is 2.23. The minimum atomic E-state index is 0. The summed E-state index contributed by atoms with van der Waals surface area (Å²) in [7, 11) is 1.63. The predicted octanol–water partition coefficient (Wildman–Crippen LogP) is 3.02. The fourth-order valence-corrected chi connectivity index (χ4v) is 3.85. The maximum atomic E-state index is 12.5. The van der Waals surface area contributed by atoms with E-state index < -0.39 is 0 Å². The van der Waals surface area contributed by atoms with Gasteiger partial charge in [-0.05, 0) is 31.0 Å². The third-order valence-corrected chi connectivity index (χ3v) is 5.12. The smallest absolute Gasteiger partial charge is 0.242 e. The molecule has 7 heteroatoms. The van der Waals surface area contributed by atoms with Gasteiger partial charge in [0.05, 0.1) is 17.3 Å². The molecule has 1 amide bonds. The number of halogens is 1. The Labute approximate surface area is 145 Å². The Kier molecular flexibility index (Phi) is 6.07. The highest BCUT2D eigenvalue weighted by atomic mass is 35.5. The van der Waals surface area contributed by atoms with Crippen molar-refractivity contribution in [3.8, 4) is 5.75 Å². The van der Waals surface area contributed by atoms with Gasteiger partial charge >= 0.3 is 0 Å². The number of hydrogen-bond acceptors (Lipinski definition) is 4. The first-order chi connectivity index (χ1) is 10.7. The average molecular weight is 356 g/mol. The molecule has 23 heavy (non-hydrogen) atoms. The highest BCUT2D eigenvalue weighted by Gasteiger charge is 2.17. The Morgan fingerprint density at radius 2 is 1.96 bits per heavy atom. The van der Waals surface area contributed by atoms with Gasteiger partial charge in [0.15, 0.2) is 4.80 Å². The van der Waals surface area contributed by atoms with E-state index in [2.05, 4.69) is 0 Å². The number of carbonyl (C=O) groups is 1. The molecule has 1 saturated heterocycles. The minimum Gasteiger partial charge on any atom is -0.497 e. The van der Waals surface area contributed by atoms with Crippen LogP contribution in [-0.4, -0.2) is 35.6 Å². The van der Waals surface area contributed by atoms with E-state index in [1.807, 2.05) is 23.1 Å². The third kappa shape index (κ3) is 3.87.